The number of carboxylic acids is 1. The predicted octanol–water partition coefficient (Wildman–Crippen LogP) is 2.49. The number of carboxylic acid groups (broad SMARTS) is 1. The monoisotopic (exact) mass is 273 g/mol. The second-order valence-corrected chi connectivity index (χ2v) is 4.75. The van der Waals surface area contributed by atoms with Crippen LogP contribution in [0.1, 0.15) is 23.2 Å². The molecule has 1 saturated heterocycles. The molecule has 3 rings (SSSR count). The average molecular weight is 273 g/mol. The van der Waals surface area contributed by atoms with Crippen LogP contribution < -0.4 is 4.74 Å². The van der Waals surface area contributed by atoms with Crippen molar-refractivity contribution >= 4 is 16.9 Å². The van der Waals surface area contributed by atoms with E-state index >= 15 is 0 Å². The minimum absolute atomic E-state index is 0.102. The minimum atomic E-state index is -0.958. The number of rotatable bonds is 3. The van der Waals surface area contributed by atoms with Gasteiger partial charge >= 0.3 is 5.97 Å². The number of fused-ring (bicyclic) bond motifs is 1. The lowest BCUT2D eigenvalue weighted by Gasteiger charge is -2.23. The highest BCUT2D eigenvalue weighted by Crippen LogP contribution is 2.28. The molecule has 1 fully saturated rings. The summed E-state index contributed by atoms with van der Waals surface area (Å²) in [4.78, 5) is 15.5. The van der Waals surface area contributed by atoms with Crippen LogP contribution in [0.3, 0.4) is 0 Å². The van der Waals surface area contributed by atoms with Crippen LogP contribution in [-0.4, -0.2) is 35.4 Å². The number of hydrogen-bond donors (Lipinski definition) is 1. The molecular weight excluding hydrogens is 258 g/mol. The number of ether oxygens (including phenoxy) is 2. The van der Waals surface area contributed by atoms with Gasteiger partial charge in [-0.25, -0.2) is 4.79 Å². The fraction of sp³-hybridized carbons (Fsp3) is 0.333. The van der Waals surface area contributed by atoms with Gasteiger partial charge in [-0.2, -0.15) is 0 Å². The molecule has 0 saturated carbocycles. The number of carbonyl (C=O) groups is 1. The zero-order valence-electron chi connectivity index (χ0n) is 10.9. The van der Waals surface area contributed by atoms with Gasteiger partial charge < -0.3 is 14.6 Å². The summed E-state index contributed by atoms with van der Waals surface area (Å²) in [6.07, 6.45) is 3.43. The lowest BCUT2D eigenvalue weighted by Crippen LogP contribution is -2.26. The third kappa shape index (κ3) is 2.44. The molecule has 0 bridgehead atoms. The lowest BCUT2D eigenvalue weighted by molar-refractivity contribution is 0.0261. The first-order chi connectivity index (χ1) is 9.75. The molecule has 0 unspecified atom stereocenters. The van der Waals surface area contributed by atoms with E-state index in [4.69, 9.17) is 9.47 Å². The highest BCUT2D eigenvalue weighted by Gasteiger charge is 2.18. The van der Waals surface area contributed by atoms with Gasteiger partial charge in [0.15, 0.2) is 0 Å². The second-order valence-electron chi connectivity index (χ2n) is 4.75. The molecule has 2 aromatic rings. The van der Waals surface area contributed by atoms with Crippen LogP contribution in [0.15, 0.2) is 30.5 Å². The van der Waals surface area contributed by atoms with Crippen molar-refractivity contribution in [1.82, 2.24) is 4.98 Å². The van der Waals surface area contributed by atoms with Crippen LogP contribution >= 0.6 is 0 Å². The molecule has 0 spiro atoms. The molecule has 104 valence electrons. The molecule has 1 N–H and O–H groups in total. The Morgan fingerprint density at radius 1 is 1.30 bits per heavy atom. The highest BCUT2D eigenvalue weighted by atomic mass is 16.5. The van der Waals surface area contributed by atoms with E-state index < -0.39 is 5.97 Å². The molecule has 5 nitrogen and oxygen atoms in total. The van der Waals surface area contributed by atoms with E-state index in [1.807, 2.05) is 0 Å². The smallest absolute Gasteiger partial charge is 0.336 e. The Balaban J connectivity index is 1.99. The molecule has 20 heavy (non-hydrogen) atoms. The van der Waals surface area contributed by atoms with Gasteiger partial charge in [0.25, 0.3) is 0 Å². The van der Waals surface area contributed by atoms with Crippen molar-refractivity contribution < 1.29 is 19.4 Å². The Kier molecular flexibility index (Phi) is 3.52. The van der Waals surface area contributed by atoms with Crippen molar-refractivity contribution in [1.29, 1.82) is 0 Å². The molecule has 0 amide bonds. The summed E-state index contributed by atoms with van der Waals surface area (Å²) < 4.78 is 11.3. The van der Waals surface area contributed by atoms with Gasteiger partial charge in [0, 0.05) is 24.4 Å². The maximum absolute atomic E-state index is 11.2. The van der Waals surface area contributed by atoms with Crippen molar-refractivity contribution in [3.8, 4) is 5.75 Å². The van der Waals surface area contributed by atoms with E-state index in [1.54, 1.807) is 30.5 Å². The molecule has 1 aromatic carbocycles. The normalized spacial score (nSPS) is 16.2. The quantitative estimate of drug-likeness (QED) is 0.930. The minimum Gasteiger partial charge on any atom is -0.488 e. The maximum Gasteiger partial charge on any atom is 0.336 e. The third-order valence-electron chi connectivity index (χ3n) is 3.43. The van der Waals surface area contributed by atoms with Crippen LogP contribution in [0.25, 0.3) is 10.9 Å². The lowest BCUT2D eigenvalue weighted by atomic mass is 10.1. The number of nitrogens with zero attached hydrogens (tertiary/aromatic N) is 1. The fourth-order valence-corrected chi connectivity index (χ4v) is 2.40. The van der Waals surface area contributed by atoms with Crippen LogP contribution in [-0.2, 0) is 4.74 Å². The van der Waals surface area contributed by atoms with E-state index in [2.05, 4.69) is 4.98 Å². The summed E-state index contributed by atoms with van der Waals surface area (Å²) in [5.41, 5.74) is 0.839. The van der Waals surface area contributed by atoms with E-state index in [1.165, 1.54) is 0 Å². The molecule has 0 atom stereocenters. The van der Waals surface area contributed by atoms with Crippen LogP contribution in [0.2, 0.25) is 0 Å². The van der Waals surface area contributed by atoms with Gasteiger partial charge in [0.2, 0.25) is 0 Å². The van der Waals surface area contributed by atoms with Crippen molar-refractivity contribution in [3.63, 3.8) is 0 Å². The number of aromatic carboxylic acids is 1. The summed E-state index contributed by atoms with van der Waals surface area (Å²) in [5, 5.41) is 9.81. The first kappa shape index (κ1) is 12.9. The van der Waals surface area contributed by atoms with E-state index in [9.17, 15) is 9.90 Å². The molecule has 0 radical (unpaired) electrons. The van der Waals surface area contributed by atoms with Gasteiger partial charge in [0.1, 0.15) is 17.4 Å². The first-order valence-corrected chi connectivity index (χ1v) is 6.61. The number of aromatic nitrogens is 1. The van der Waals surface area contributed by atoms with Crippen molar-refractivity contribution in [2.24, 2.45) is 0 Å². The summed E-state index contributed by atoms with van der Waals surface area (Å²) in [5.74, 6) is -0.321. The van der Waals surface area contributed by atoms with Gasteiger partial charge in [-0.05, 0) is 18.2 Å². The van der Waals surface area contributed by atoms with Gasteiger partial charge in [0.05, 0.1) is 18.8 Å². The molecule has 0 aliphatic carbocycles. The zero-order valence-corrected chi connectivity index (χ0v) is 10.9. The molecule has 2 heterocycles. The summed E-state index contributed by atoms with van der Waals surface area (Å²) in [6.45, 7) is 1.40. The Labute approximate surface area is 116 Å². The molecule has 5 heteroatoms. The van der Waals surface area contributed by atoms with Crippen molar-refractivity contribution in [3.05, 3.63) is 36.0 Å². The predicted molar refractivity (Wildman–Crippen MR) is 73.2 cm³/mol. The second kappa shape index (κ2) is 5.46. The Bertz CT molecular complexity index is 635. The van der Waals surface area contributed by atoms with E-state index in [0.717, 1.165) is 12.8 Å². The number of benzene rings is 1. The molecular formula is C15H15NO4. The topological polar surface area (TPSA) is 68.7 Å². The van der Waals surface area contributed by atoms with Gasteiger partial charge in [-0.15, -0.1) is 0 Å². The SMILES string of the molecule is O=C(O)c1ccc(OC2CCOCC2)c2ncccc12. The van der Waals surface area contributed by atoms with Crippen molar-refractivity contribution in [2.75, 3.05) is 13.2 Å². The maximum atomic E-state index is 11.2. The summed E-state index contributed by atoms with van der Waals surface area (Å²) in [7, 11) is 0. The Hall–Kier alpha value is -2.14. The Morgan fingerprint density at radius 2 is 2.10 bits per heavy atom. The largest absolute Gasteiger partial charge is 0.488 e. The summed E-state index contributed by atoms with van der Waals surface area (Å²) in [6, 6.07) is 6.74. The highest BCUT2D eigenvalue weighted by molar-refractivity contribution is 6.04. The molecule has 1 aromatic heterocycles. The first-order valence-electron chi connectivity index (χ1n) is 6.61. The van der Waals surface area contributed by atoms with Crippen LogP contribution in [0.4, 0.5) is 0 Å². The zero-order chi connectivity index (χ0) is 13.9. The van der Waals surface area contributed by atoms with Crippen LogP contribution in [0, 0.1) is 0 Å². The van der Waals surface area contributed by atoms with Crippen molar-refractivity contribution in [2.45, 2.75) is 18.9 Å². The average Bonchev–Trinajstić information content (AvgIpc) is 2.48. The van der Waals surface area contributed by atoms with E-state index in [-0.39, 0.29) is 11.7 Å². The van der Waals surface area contributed by atoms with E-state index in [0.29, 0.717) is 29.9 Å². The van der Waals surface area contributed by atoms with Gasteiger partial charge in [-0.1, -0.05) is 6.07 Å². The fourth-order valence-electron chi connectivity index (χ4n) is 2.40. The van der Waals surface area contributed by atoms with Gasteiger partial charge in [-0.3, -0.25) is 4.98 Å². The third-order valence-corrected chi connectivity index (χ3v) is 3.43. The Morgan fingerprint density at radius 3 is 2.85 bits per heavy atom. The molecule has 1 aliphatic heterocycles. The standard InChI is InChI=1S/C15H15NO4/c17-15(18)12-3-4-13(14-11(12)2-1-7-16-14)20-10-5-8-19-9-6-10/h1-4,7,10H,5-6,8-9H2,(H,17,18). The summed E-state index contributed by atoms with van der Waals surface area (Å²) >= 11 is 0. The van der Waals surface area contributed by atoms with Crippen LogP contribution in [0.5, 0.6) is 5.75 Å². The molecule has 1 aliphatic rings. The number of pyridine rings is 1. The number of hydrogen-bond acceptors (Lipinski definition) is 4.